The van der Waals surface area contributed by atoms with Crippen LogP contribution in [0.3, 0.4) is 0 Å². The number of nitrogens with zero attached hydrogens (tertiary/aromatic N) is 1. The third kappa shape index (κ3) is 19.0. The lowest BCUT2D eigenvalue weighted by molar-refractivity contribution is 0.00151. The lowest BCUT2D eigenvalue weighted by Gasteiger charge is -2.47. The average molecular weight is 715 g/mol. The number of halogens is 1. The Balaban J connectivity index is 0. The van der Waals surface area contributed by atoms with Crippen LogP contribution in [-0.2, 0) is 26.6 Å². The van der Waals surface area contributed by atoms with Gasteiger partial charge in [-0.2, -0.15) is 0 Å². The smallest absolute Gasteiger partial charge is 0.373 e. The molecule has 0 aromatic carbocycles. The summed E-state index contributed by atoms with van der Waals surface area (Å²) in [4.78, 5) is 2.59. The summed E-state index contributed by atoms with van der Waals surface area (Å²) in [6.45, 7) is 23.4. The molecule has 0 bridgehead atoms. The van der Waals surface area contributed by atoms with Gasteiger partial charge in [0.2, 0.25) is 0 Å². The molecule has 2 unspecified atom stereocenters. The second-order valence-corrected chi connectivity index (χ2v) is 17.7. The molecular formula is C36H80ClNO6Si2. The highest BCUT2D eigenvalue weighted by Crippen LogP contribution is 2.31. The molecule has 0 rings (SSSR count). The van der Waals surface area contributed by atoms with E-state index in [1.165, 1.54) is 96.3 Å². The summed E-state index contributed by atoms with van der Waals surface area (Å²) in [5.41, 5.74) is 0.0127. The maximum Gasteiger partial charge on any atom is 0.519 e. The van der Waals surface area contributed by atoms with Crippen molar-refractivity contribution in [3.05, 3.63) is 0 Å². The van der Waals surface area contributed by atoms with Crippen LogP contribution in [0.25, 0.3) is 0 Å². The van der Waals surface area contributed by atoms with E-state index in [9.17, 15) is 0 Å². The van der Waals surface area contributed by atoms with E-state index < -0.39 is 17.6 Å². The minimum atomic E-state index is -3.04. The summed E-state index contributed by atoms with van der Waals surface area (Å²) < 4.78 is 39.1. The van der Waals surface area contributed by atoms with Crippen LogP contribution >= 0.6 is 12.4 Å². The Morgan fingerprint density at radius 3 is 0.826 bits per heavy atom. The van der Waals surface area contributed by atoms with E-state index in [1.54, 1.807) is 0 Å². The largest absolute Gasteiger partial charge is 0.519 e. The summed E-state index contributed by atoms with van der Waals surface area (Å²) in [5.74, 6) is 0. The fraction of sp³-hybridized carbons (Fsp3) is 1.00. The van der Waals surface area contributed by atoms with Gasteiger partial charge < -0.3 is 26.6 Å². The Labute approximate surface area is 296 Å². The van der Waals surface area contributed by atoms with Crippen molar-refractivity contribution in [1.29, 1.82) is 0 Å². The van der Waals surface area contributed by atoms with E-state index in [4.69, 9.17) is 26.6 Å². The molecule has 0 aliphatic carbocycles. The van der Waals surface area contributed by atoms with Crippen molar-refractivity contribution in [3.63, 3.8) is 0 Å². The molecule has 0 heterocycles. The molecule has 0 saturated carbocycles. The second kappa shape index (κ2) is 32.6. The number of hydrogen-bond donors (Lipinski definition) is 0. The molecule has 280 valence electrons. The molecule has 0 radical (unpaired) electrons. The summed E-state index contributed by atoms with van der Waals surface area (Å²) in [6.07, 6.45) is 23.6. The highest BCUT2D eigenvalue weighted by molar-refractivity contribution is 6.64. The van der Waals surface area contributed by atoms with Gasteiger partial charge in [-0.05, 0) is 67.3 Å². The zero-order valence-electron chi connectivity index (χ0n) is 32.1. The Morgan fingerprint density at radius 1 is 0.370 bits per heavy atom. The van der Waals surface area contributed by atoms with Crippen molar-refractivity contribution in [1.82, 2.24) is 4.90 Å². The van der Waals surface area contributed by atoms with Gasteiger partial charge in [0.05, 0.1) is 11.3 Å². The van der Waals surface area contributed by atoms with Gasteiger partial charge in [-0.3, -0.25) is 4.90 Å². The van der Waals surface area contributed by atoms with Crippen molar-refractivity contribution in [2.24, 2.45) is 0 Å². The monoisotopic (exact) mass is 714 g/mol. The maximum absolute atomic E-state index is 6.51. The molecule has 0 amide bonds. The summed E-state index contributed by atoms with van der Waals surface area (Å²) in [5, 5.41) is 0. The van der Waals surface area contributed by atoms with Gasteiger partial charge in [0.25, 0.3) is 0 Å². The molecule has 10 heteroatoms. The molecule has 0 aliphatic rings. The lowest BCUT2D eigenvalue weighted by atomic mass is 10.0. The van der Waals surface area contributed by atoms with Crippen LogP contribution in [0.4, 0.5) is 0 Å². The zero-order chi connectivity index (χ0) is 33.7. The molecule has 7 nitrogen and oxygen atoms in total. The van der Waals surface area contributed by atoms with E-state index in [0.717, 1.165) is 25.8 Å². The van der Waals surface area contributed by atoms with Gasteiger partial charge in [0, 0.05) is 39.6 Å². The Morgan fingerprint density at radius 2 is 0.609 bits per heavy atom. The third-order valence-electron chi connectivity index (χ3n) is 8.73. The average Bonchev–Trinajstić information content (AvgIpc) is 3.02. The van der Waals surface area contributed by atoms with Crippen molar-refractivity contribution >= 4 is 30.0 Å². The molecule has 46 heavy (non-hydrogen) atoms. The fourth-order valence-electron chi connectivity index (χ4n) is 6.78. The van der Waals surface area contributed by atoms with Crippen molar-refractivity contribution in [3.8, 4) is 0 Å². The Hall–Kier alpha value is 0.444. The van der Waals surface area contributed by atoms with Crippen molar-refractivity contribution in [2.45, 2.75) is 189 Å². The Kier molecular flexibility index (Phi) is 34.5. The first-order valence-electron chi connectivity index (χ1n) is 19.5. The van der Waals surface area contributed by atoms with Gasteiger partial charge in [-0.25, -0.2) is 0 Å². The first kappa shape index (κ1) is 48.6. The third-order valence-corrected chi connectivity index (χ3v) is 16.0. The normalized spacial score (nSPS) is 13.7. The first-order valence-corrected chi connectivity index (χ1v) is 23.2. The summed E-state index contributed by atoms with van der Waals surface area (Å²) in [6, 6.07) is 0. The number of hydrogen-bond acceptors (Lipinski definition) is 7. The molecule has 0 aliphatic heterocycles. The number of unbranched alkanes of at least 4 members (excludes halogenated alkanes) is 15. The van der Waals surface area contributed by atoms with Crippen LogP contribution in [0.2, 0.25) is 0 Å². The highest BCUT2D eigenvalue weighted by Gasteiger charge is 2.58. The van der Waals surface area contributed by atoms with Gasteiger partial charge in [0.1, 0.15) is 0 Å². The number of rotatable bonds is 35. The van der Waals surface area contributed by atoms with Gasteiger partial charge in [-0.1, -0.05) is 117 Å². The molecule has 0 fully saturated rings. The fourth-order valence-corrected chi connectivity index (χ4v) is 13.4. The standard InChI is InChI=1S/C36H79NO6Si2.ClH/c1-10-19-20-21-22-23-24-25-26-27-28-29-30-31-32-33-34-37(35(11-2)44(38-13-4,39-14-5)40-15-6)36(12-3)45(41-16-7,42-17-8)43-18-9;/h35-36H,10-34H2,1-9H3;1H. The van der Waals surface area contributed by atoms with Gasteiger partial charge in [0.15, 0.2) is 0 Å². The van der Waals surface area contributed by atoms with Gasteiger partial charge >= 0.3 is 17.6 Å². The molecule has 0 aromatic heterocycles. The SMILES string of the molecule is CCCCCCCCCCCCCCCCCCN(C(CC)[Si](OCC)(OCC)OCC)C(CC)[Si](OCC)(OCC)OCC.Cl. The van der Waals surface area contributed by atoms with Gasteiger partial charge in [-0.15, -0.1) is 12.4 Å². The van der Waals surface area contributed by atoms with Crippen molar-refractivity contribution in [2.75, 3.05) is 46.2 Å². The molecule has 2 atom stereocenters. The van der Waals surface area contributed by atoms with E-state index in [0.29, 0.717) is 39.6 Å². The minimum absolute atomic E-state index is 0. The zero-order valence-corrected chi connectivity index (χ0v) is 35.0. The maximum atomic E-state index is 6.51. The van der Waals surface area contributed by atoms with E-state index in [-0.39, 0.29) is 23.7 Å². The predicted molar refractivity (Wildman–Crippen MR) is 203 cm³/mol. The first-order chi connectivity index (χ1) is 22.0. The van der Waals surface area contributed by atoms with E-state index in [2.05, 4.69) is 25.7 Å². The van der Waals surface area contributed by atoms with Crippen LogP contribution in [0.5, 0.6) is 0 Å². The predicted octanol–water partition coefficient (Wildman–Crippen LogP) is 10.7. The van der Waals surface area contributed by atoms with Crippen LogP contribution in [-0.4, -0.2) is 80.0 Å². The minimum Gasteiger partial charge on any atom is -0.373 e. The van der Waals surface area contributed by atoms with Crippen LogP contribution in [0.1, 0.15) is 178 Å². The molecule has 0 aromatic rings. The molecule has 0 saturated heterocycles. The topological polar surface area (TPSA) is 58.6 Å². The Bertz CT molecular complexity index is 571. The lowest BCUT2D eigenvalue weighted by Crippen LogP contribution is -2.71. The quantitative estimate of drug-likeness (QED) is 0.0478. The highest BCUT2D eigenvalue weighted by atomic mass is 35.5. The van der Waals surface area contributed by atoms with Crippen molar-refractivity contribution < 1.29 is 26.6 Å². The second-order valence-electron chi connectivity index (χ2n) is 12.2. The van der Waals surface area contributed by atoms with Crippen LogP contribution in [0.15, 0.2) is 0 Å². The van der Waals surface area contributed by atoms with E-state index >= 15 is 0 Å². The molecule has 0 spiro atoms. The van der Waals surface area contributed by atoms with Crippen LogP contribution < -0.4 is 0 Å². The molecule has 0 N–H and O–H groups in total. The molecular weight excluding hydrogens is 634 g/mol. The van der Waals surface area contributed by atoms with E-state index in [1.807, 2.05) is 41.5 Å². The summed E-state index contributed by atoms with van der Waals surface area (Å²) >= 11 is 0. The summed E-state index contributed by atoms with van der Waals surface area (Å²) in [7, 11) is -6.09. The van der Waals surface area contributed by atoms with Crippen LogP contribution in [0, 0.1) is 0 Å².